The SMILES string of the molecule is CCC(=O)Oc1ccc(C(CC(=O)OC)OP(=O)(OCC2C=CC(n3cc(C)c(=O)[nH]c3=O)O2)OC(CC(=O)OC)c2ccc(OC(=O)CC)c(OC)c2)cc1OC. The van der Waals surface area contributed by atoms with Crippen molar-refractivity contribution in [2.45, 2.75) is 71.0 Å². The van der Waals surface area contributed by atoms with E-state index in [9.17, 15) is 28.8 Å². The van der Waals surface area contributed by atoms with Crippen LogP contribution in [0.15, 0.2) is 64.3 Å². The number of esters is 4. The van der Waals surface area contributed by atoms with Gasteiger partial charge in [0.2, 0.25) is 0 Å². The van der Waals surface area contributed by atoms with Gasteiger partial charge < -0.3 is 33.2 Å². The quantitative estimate of drug-likeness (QED) is 0.0702. The monoisotopic (exact) mass is 832 g/mol. The Balaban J connectivity index is 1.76. The van der Waals surface area contributed by atoms with E-state index in [0.717, 1.165) is 18.8 Å². The van der Waals surface area contributed by atoms with Crippen LogP contribution in [0.1, 0.15) is 74.7 Å². The van der Waals surface area contributed by atoms with Gasteiger partial charge in [0.15, 0.2) is 29.2 Å². The molecule has 58 heavy (non-hydrogen) atoms. The zero-order valence-electron chi connectivity index (χ0n) is 32.9. The molecular weight excluding hydrogens is 787 g/mol. The third kappa shape index (κ3) is 12.0. The second-order valence-corrected chi connectivity index (χ2v) is 14.0. The molecule has 19 nitrogen and oxygen atoms in total. The lowest BCUT2D eigenvalue weighted by atomic mass is 10.1. The molecule has 1 aromatic heterocycles. The first-order valence-electron chi connectivity index (χ1n) is 17.8. The number of rotatable bonds is 20. The summed E-state index contributed by atoms with van der Waals surface area (Å²) in [5, 5.41) is 0. The van der Waals surface area contributed by atoms with Gasteiger partial charge in [0.05, 0.1) is 47.9 Å². The maximum Gasteiger partial charge on any atom is 0.476 e. The molecule has 0 aliphatic carbocycles. The molecule has 1 aliphatic rings. The fraction of sp³-hybridized carbons (Fsp3) is 0.421. The Bertz CT molecular complexity index is 2060. The number of nitrogens with zero attached hydrogens (tertiary/aromatic N) is 1. The highest BCUT2D eigenvalue weighted by Crippen LogP contribution is 2.58. The molecule has 1 N–H and O–H groups in total. The average molecular weight is 833 g/mol. The van der Waals surface area contributed by atoms with Crippen molar-refractivity contribution in [3.63, 3.8) is 0 Å². The maximum absolute atomic E-state index is 15.0. The summed E-state index contributed by atoms with van der Waals surface area (Å²) in [6, 6.07) is 8.42. The van der Waals surface area contributed by atoms with Crippen LogP contribution in [0.5, 0.6) is 23.0 Å². The summed E-state index contributed by atoms with van der Waals surface area (Å²) in [5.74, 6) is -2.43. The summed E-state index contributed by atoms with van der Waals surface area (Å²) < 4.78 is 71.5. The van der Waals surface area contributed by atoms with Crippen molar-refractivity contribution >= 4 is 31.7 Å². The number of aryl methyl sites for hydroxylation is 1. The van der Waals surface area contributed by atoms with Crippen molar-refractivity contribution in [2.75, 3.05) is 35.0 Å². The number of aromatic nitrogens is 2. The number of H-pyrrole nitrogens is 1. The molecule has 0 saturated heterocycles. The summed E-state index contributed by atoms with van der Waals surface area (Å²) in [4.78, 5) is 76.3. The van der Waals surface area contributed by atoms with Gasteiger partial charge >= 0.3 is 37.4 Å². The van der Waals surface area contributed by atoms with Crippen LogP contribution in [-0.4, -0.2) is 74.6 Å². The molecule has 20 heteroatoms. The molecule has 3 aromatic rings. The van der Waals surface area contributed by atoms with Crippen molar-refractivity contribution in [1.82, 2.24) is 9.55 Å². The normalized spacial score (nSPS) is 16.7. The number of benzene rings is 2. The van der Waals surface area contributed by atoms with Gasteiger partial charge in [-0.2, -0.15) is 0 Å². The second-order valence-electron chi connectivity index (χ2n) is 12.4. The molecule has 0 spiro atoms. The van der Waals surface area contributed by atoms with Gasteiger partial charge in [-0.15, -0.1) is 0 Å². The van der Waals surface area contributed by atoms with Crippen LogP contribution < -0.4 is 30.2 Å². The molecule has 4 rings (SSSR count). The van der Waals surface area contributed by atoms with Crippen LogP contribution >= 0.6 is 7.82 Å². The molecule has 0 fully saturated rings. The summed E-state index contributed by atoms with van der Waals surface area (Å²) in [6.07, 6.45) is -1.45. The van der Waals surface area contributed by atoms with E-state index in [-0.39, 0.29) is 52.5 Å². The number of phosphoric acid groups is 1. The highest BCUT2D eigenvalue weighted by atomic mass is 31.2. The molecule has 0 bridgehead atoms. The lowest BCUT2D eigenvalue weighted by Gasteiger charge is -2.28. The molecule has 0 radical (unpaired) electrons. The van der Waals surface area contributed by atoms with Crippen LogP contribution in [0, 0.1) is 6.92 Å². The van der Waals surface area contributed by atoms with E-state index in [2.05, 4.69) is 4.98 Å². The van der Waals surface area contributed by atoms with E-state index < -0.39 is 86.9 Å². The Hall–Kier alpha value is -5.59. The Morgan fingerprint density at radius 3 is 1.71 bits per heavy atom. The molecule has 0 saturated carbocycles. The Morgan fingerprint density at radius 2 is 1.26 bits per heavy atom. The number of ether oxygens (including phenoxy) is 7. The first-order valence-corrected chi connectivity index (χ1v) is 19.3. The zero-order chi connectivity index (χ0) is 42.6. The van der Waals surface area contributed by atoms with E-state index in [1.54, 1.807) is 13.8 Å². The first kappa shape index (κ1) is 45.1. The van der Waals surface area contributed by atoms with Gasteiger partial charge in [0, 0.05) is 24.6 Å². The summed E-state index contributed by atoms with van der Waals surface area (Å²) >= 11 is 0. The fourth-order valence-corrected chi connectivity index (χ4v) is 6.82. The van der Waals surface area contributed by atoms with Gasteiger partial charge in [-0.3, -0.25) is 47.1 Å². The number of methoxy groups -OCH3 is 4. The standard InChI is InChI=1S/C38H45N2O17P/c1-8-33(41)54-26-13-10-23(16-30(26)48-4)28(18-35(43)50-6)56-58(47,52-21-25-12-15-32(53-25)40-20-22(3)37(45)39-38(40)46)57-29(19-36(44)51-7)24-11-14-27(31(17-24)49-5)55-34(42)9-2/h10-17,20,25,28-29,32H,8-9,18-19,21H2,1-7H3,(H,39,45,46). The third-order valence-corrected chi connectivity index (χ3v) is 9.93. The zero-order valence-corrected chi connectivity index (χ0v) is 33.8. The van der Waals surface area contributed by atoms with Gasteiger partial charge in [0.1, 0.15) is 18.3 Å². The predicted octanol–water partition coefficient (Wildman–Crippen LogP) is 4.71. The van der Waals surface area contributed by atoms with E-state index in [1.165, 1.54) is 75.9 Å². The number of hydrogen-bond acceptors (Lipinski definition) is 17. The largest absolute Gasteiger partial charge is 0.493 e. The number of nitrogens with one attached hydrogen (secondary N) is 1. The highest BCUT2D eigenvalue weighted by Gasteiger charge is 2.39. The third-order valence-electron chi connectivity index (χ3n) is 8.44. The number of carbonyl (C=O) groups excluding carboxylic acids is 4. The van der Waals surface area contributed by atoms with Crippen molar-refractivity contribution in [2.24, 2.45) is 0 Å². The minimum absolute atomic E-state index is 0.0577. The number of hydrogen-bond donors (Lipinski definition) is 1. The van der Waals surface area contributed by atoms with Gasteiger partial charge in [-0.25, -0.2) is 9.36 Å². The average Bonchev–Trinajstić information content (AvgIpc) is 3.69. The fourth-order valence-electron chi connectivity index (χ4n) is 5.31. The molecule has 0 amide bonds. The predicted molar refractivity (Wildman–Crippen MR) is 201 cm³/mol. The van der Waals surface area contributed by atoms with E-state index >= 15 is 4.57 Å². The van der Waals surface area contributed by atoms with Crippen LogP contribution in [0.25, 0.3) is 0 Å². The molecule has 314 valence electrons. The van der Waals surface area contributed by atoms with Crippen molar-refractivity contribution in [3.05, 3.63) is 92.3 Å². The minimum atomic E-state index is -4.99. The lowest BCUT2D eigenvalue weighted by molar-refractivity contribution is -0.143. The van der Waals surface area contributed by atoms with Crippen LogP contribution in [0.4, 0.5) is 0 Å². The second kappa shape index (κ2) is 20.7. The molecule has 2 heterocycles. The highest BCUT2D eigenvalue weighted by molar-refractivity contribution is 7.48. The van der Waals surface area contributed by atoms with E-state index in [4.69, 9.17) is 46.7 Å². The van der Waals surface area contributed by atoms with E-state index in [1.807, 2.05) is 0 Å². The van der Waals surface area contributed by atoms with Gasteiger partial charge in [0.25, 0.3) is 5.56 Å². The lowest BCUT2D eigenvalue weighted by Crippen LogP contribution is -2.33. The summed E-state index contributed by atoms with van der Waals surface area (Å²) in [5.41, 5.74) is -0.687. The van der Waals surface area contributed by atoms with Crippen molar-refractivity contribution in [1.29, 1.82) is 0 Å². The van der Waals surface area contributed by atoms with Gasteiger partial charge in [-0.1, -0.05) is 32.1 Å². The number of aromatic amines is 1. The summed E-state index contributed by atoms with van der Waals surface area (Å²) in [7, 11) is -0.0766. The minimum Gasteiger partial charge on any atom is -0.493 e. The van der Waals surface area contributed by atoms with Crippen LogP contribution in [0.3, 0.4) is 0 Å². The van der Waals surface area contributed by atoms with Crippen LogP contribution in [0.2, 0.25) is 0 Å². The van der Waals surface area contributed by atoms with Gasteiger partial charge in [-0.05, 0) is 48.4 Å². The van der Waals surface area contributed by atoms with Crippen LogP contribution in [-0.2, 0) is 51.5 Å². The molecule has 4 atom stereocenters. The molecule has 4 unspecified atom stereocenters. The molecule has 2 aromatic carbocycles. The molecule has 1 aliphatic heterocycles. The Morgan fingerprint density at radius 1 is 0.759 bits per heavy atom. The Labute approximate surface area is 332 Å². The van der Waals surface area contributed by atoms with Crippen molar-refractivity contribution < 1.29 is 70.5 Å². The Kier molecular flexibility index (Phi) is 16.1. The smallest absolute Gasteiger partial charge is 0.476 e. The summed E-state index contributed by atoms with van der Waals surface area (Å²) in [6.45, 7) is 4.20. The molecular formula is C38H45N2O17P. The number of phosphoric ester groups is 1. The van der Waals surface area contributed by atoms with Crippen molar-refractivity contribution in [3.8, 4) is 23.0 Å². The first-order chi connectivity index (χ1) is 27.7. The maximum atomic E-state index is 15.0. The topological polar surface area (TPSA) is 233 Å². The number of carbonyl (C=O) groups is 4. The van der Waals surface area contributed by atoms with E-state index in [0.29, 0.717) is 0 Å².